The van der Waals surface area contributed by atoms with Crippen molar-refractivity contribution < 1.29 is 17.9 Å². The van der Waals surface area contributed by atoms with Gasteiger partial charge in [-0.3, -0.25) is 14.4 Å². The summed E-state index contributed by atoms with van der Waals surface area (Å²) < 4.78 is 32.8. The molecule has 0 radical (unpaired) electrons. The van der Waals surface area contributed by atoms with Crippen LogP contribution in [0.4, 0.5) is 5.69 Å². The van der Waals surface area contributed by atoms with Crippen LogP contribution in [-0.4, -0.2) is 51.5 Å². The van der Waals surface area contributed by atoms with Gasteiger partial charge in [-0.15, -0.1) is 0 Å². The third-order valence-corrected chi connectivity index (χ3v) is 7.06. The number of piperidine rings is 1. The SMILES string of the molecule is COc1ccc(NS(=O)(=O)c2ccc(C(=O)NCC(C)(C)N3CCCCC3)cc2)cc1. The highest BCUT2D eigenvalue weighted by Crippen LogP contribution is 2.21. The predicted molar refractivity (Wildman–Crippen MR) is 122 cm³/mol. The van der Waals surface area contributed by atoms with E-state index in [0.29, 0.717) is 23.5 Å². The van der Waals surface area contributed by atoms with Gasteiger partial charge in [0.25, 0.3) is 15.9 Å². The number of nitrogens with one attached hydrogen (secondary N) is 2. The molecular weight excluding hydrogens is 414 g/mol. The van der Waals surface area contributed by atoms with E-state index in [0.717, 1.165) is 13.1 Å². The molecule has 168 valence electrons. The minimum absolute atomic E-state index is 0.0912. The lowest BCUT2D eigenvalue weighted by Gasteiger charge is -2.41. The maximum atomic E-state index is 12.6. The average Bonchev–Trinajstić information content (AvgIpc) is 2.78. The first-order valence-electron chi connectivity index (χ1n) is 10.5. The topological polar surface area (TPSA) is 87.7 Å². The number of anilines is 1. The zero-order chi connectivity index (χ0) is 22.5. The highest BCUT2D eigenvalue weighted by atomic mass is 32.2. The van der Waals surface area contributed by atoms with Gasteiger partial charge in [0.1, 0.15) is 5.75 Å². The minimum atomic E-state index is -3.75. The van der Waals surface area contributed by atoms with Gasteiger partial charge in [-0.2, -0.15) is 0 Å². The van der Waals surface area contributed by atoms with Crippen molar-refractivity contribution in [2.24, 2.45) is 0 Å². The molecule has 0 aliphatic carbocycles. The largest absolute Gasteiger partial charge is 0.497 e. The number of methoxy groups -OCH3 is 1. The Labute approximate surface area is 184 Å². The van der Waals surface area contributed by atoms with Gasteiger partial charge < -0.3 is 10.1 Å². The maximum Gasteiger partial charge on any atom is 0.261 e. The molecule has 7 nitrogen and oxygen atoms in total. The van der Waals surface area contributed by atoms with Crippen LogP contribution in [0.25, 0.3) is 0 Å². The highest BCUT2D eigenvalue weighted by Gasteiger charge is 2.28. The molecule has 0 atom stereocenters. The molecule has 1 saturated heterocycles. The molecule has 0 unspecified atom stereocenters. The second-order valence-corrected chi connectivity index (χ2v) is 10.1. The lowest BCUT2D eigenvalue weighted by atomic mass is 9.98. The quantitative estimate of drug-likeness (QED) is 0.649. The zero-order valence-electron chi connectivity index (χ0n) is 18.3. The summed E-state index contributed by atoms with van der Waals surface area (Å²) in [5.41, 5.74) is 0.738. The van der Waals surface area contributed by atoms with E-state index >= 15 is 0 Å². The van der Waals surface area contributed by atoms with Crippen LogP contribution in [0.5, 0.6) is 5.75 Å². The van der Waals surface area contributed by atoms with Gasteiger partial charge in [0.15, 0.2) is 0 Å². The third-order valence-electron chi connectivity index (χ3n) is 5.66. The first-order valence-corrected chi connectivity index (χ1v) is 12.0. The van der Waals surface area contributed by atoms with E-state index in [2.05, 4.69) is 28.8 Å². The van der Waals surface area contributed by atoms with Crippen molar-refractivity contribution in [1.29, 1.82) is 0 Å². The summed E-state index contributed by atoms with van der Waals surface area (Å²) in [6, 6.07) is 12.6. The molecule has 0 spiro atoms. The number of hydrogen-bond acceptors (Lipinski definition) is 5. The van der Waals surface area contributed by atoms with Gasteiger partial charge in [-0.1, -0.05) is 6.42 Å². The molecule has 31 heavy (non-hydrogen) atoms. The van der Waals surface area contributed by atoms with Gasteiger partial charge in [0.2, 0.25) is 0 Å². The van der Waals surface area contributed by atoms with E-state index in [1.54, 1.807) is 31.4 Å². The zero-order valence-corrected chi connectivity index (χ0v) is 19.2. The standard InChI is InChI=1S/C23H31N3O4S/c1-23(2,26-15-5-4-6-16-26)17-24-22(27)18-7-13-21(14-8-18)31(28,29)25-19-9-11-20(30-3)12-10-19/h7-14,25H,4-6,15-17H2,1-3H3,(H,24,27). The van der Waals surface area contributed by atoms with Crippen LogP contribution >= 0.6 is 0 Å². The fourth-order valence-corrected chi connectivity index (χ4v) is 4.73. The lowest BCUT2D eigenvalue weighted by molar-refractivity contribution is 0.0797. The molecule has 0 saturated carbocycles. The molecule has 3 rings (SSSR count). The van der Waals surface area contributed by atoms with E-state index < -0.39 is 10.0 Å². The number of carbonyl (C=O) groups is 1. The van der Waals surface area contributed by atoms with Crippen molar-refractivity contribution in [2.75, 3.05) is 31.5 Å². The van der Waals surface area contributed by atoms with Crippen LogP contribution in [0.1, 0.15) is 43.5 Å². The van der Waals surface area contributed by atoms with Crippen LogP contribution in [0.2, 0.25) is 0 Å². The Morgan fingerprint density at radius 3 is 2.19 bits per heavy atom. The van der Waals surface area contributed by atoms with Crippen LogP contribution < -0.4 is 14.8 Å². The first kappa shape index (κ1) is 23.1. The third kappa shape index (κ3) is 5.98. The number of hydrogen-bond donors (Lipinski definition) is 2. The fraction of sp³-hybridized carbons (Fsp3) is 0.435. The molecule has 1 amide bonds. The molecule has 2 N–H and O–H groups in total. The summed E-state index contributed by atoms with van der Waals surface area (Å²) in [7, 11) is -2.21. The van der Waals surface area contributed by atoms with E-state index in [4.69, 9.17) is 4.74 Å². The molecule has 1 fully saturated rings. The van der Waals surface area contributed by atoms with E-state index in [1.807, 2.05) is 0 Å². The number of rotatable bonds is 8. The predicted octanol–water partition coefficient (Wildman–Crippen LogP) is 3.49. The molecule has 1 aliphatic rings. The van der Waals surface area contributed by atoms with Crippen molar-refractivity contribution in [3.63, 3.8) is 0 Å². The van der Waals surface area contributed by atoms with Gasteiger partial charge in [-0.25, -0.2) is 8.42 Å². The smallest absolute Gasteiger partial charge is 0.261 e. The van der Waals surface area contributed by atoms with Gasteiger partial charge in [-0.05, 0) is 88.3 Å². The Bertz CT molecular complexity index is 980. The molecule has 2 aromatic carbocycles. The highest BCUT2D eigenvalue weighted by molar-refractivity contribution is 7.92. The Kier molecular flexibility index (Phi) is 7.23. The van der Waals surface area contributed by atoms with Crippen molar-refractivity contribution in [1.82, 2.24) is 10.2 Å². The Morgan fingerprint density at radius 1 is 1.00 bits per heavy atom. The lowest BCUT2D eigenvalue weighted by Crippen LogP contribution is -2.53. The molecule has 8 heteroatoms. The monoisotopic (exact) mass is 445 g/mol. The van der Waals surface area contributed by atoms with Gasteiger partial charge >= 0.3 is 0 Å². The molecule has 0 bridgehead atoms. The number of amides is 1. The number of benzene rings is 2. The number of carbonyl (C=O) groups excluding carboxylic acids is 1. The summed E-state index contributed by atoms with van der Waals surface area (Å²) in [5, 5.41) is 2.99. The second kappa shape index (κ2) is 9.70. The minimum Gasteiger partial charge on any atom is -0.497 e. The second-order valence-electron chi connectivity index (χ2n) is 8.40. The van der Waals surface area contributed by atoms with Crippen molar-refractivity contribution in [3.05, 3.63) is 54.1 Å². The summed E-state index contributed by atoms with van der Waals surface area (Å²) in [6.45, 7) is 6.91. The normalized spacial score (nSPS) is 15.3. The summed E-state index contributed by atoms with van der Waals surface area (Å²) in [4.78, 5) is 15.1. The van der Waals surface area contributed by atoms with Gasteiger partial charge in [0, 0.05) is 23.3 Å². The number of ether oxygens (including phenoxy) is 1. The molecule has 2 aromatic rings. The van der Waals surface area contributed by atoms with Gasteiger partial charge in [0.05, 0.1) is 12.0 Å². The van der Waals surface area contributed by atoms with Crippen LogP contribution in [-0.2, 0) is 10.0 Å². The van der Waals surface area contributed by atoms with Crippen molar-refractivity contribution in [2.45, 2.75) is 43.5 Å². The summed E-state index contributed by atoms with van der Waals surface area (Å²) in [6.07, 6.45) is 3.65. The Hall–Kier alpha value is -2.58. The molecule has 0 aromatic heterocycles. The number of sulfonamides is 1. The maximum absolute atomic E-state index is 12.6. The Balaban J connectivity index is 1.61. The first-order chi connectivity index (χ1) is 14.7. The fourth-order valence-electron chi connectivity index (χ4n) is 3.67. The van der Waals surface area contributed by atoms with E-state index in [1.165, 1.54) is 43.5 Å². The summed E-state index contributed by atoms with van der Waals surface area (Å²) >= 11 is 0. The average molecular weight is 446 g/mol. The molecule has 1 aliphatic heterocycles. The molecule has 1 heterocycles. The number of nitrogens with zero attached hydrogens (tertiary/aromatic N) is 1. The summed E-state index contributed by atoms with van der Waals surface area (Å²) in [5.74, 6) is 0.430. The Morgan fingerprint density at radius 2 is 1.61 bits per heavy atom. The van der Waals surface area contributed by atoms with Crippen LogP contribution in [0, 0.1) is 0 Å². The van der Waals surface area contributed by atoms with E-state index in [-0.39, 0.29) is 16.3 Å². The van der Waals surface area contributed by atoms with Crippen molar-refractivity contribution >= 4 is 21.6 Å². The van der Waals surface area contributed by atoms with E-state index in [9.17, 15) is 13.2 Å². The van der Waals surface area contributed by atoms with Crippen LogP contribution in [0.15, 0.2) is 53.4 Å². The van der Waals surface area contributed by atoms with Crippen molar-refractivity contribution in [3.8, 4) is 5.75 Å². The number of likely N-dealkylation sites (tertiary alicyclic amines) is 1. The molecular formula is C23H31N3O4S. The van der Waals surface area contributed by atoms with Crippen LogP contribution in [0.3, 0.4) is 0 Å².